The van der Waals surface area contributed by atoms with Crippen molar-refractivity contribution in [1.29, 1.82) is 0 Å². The SMILES string of the molecule is CO[C@H](c1ccc(/C(C)=N\O)cc1)[C@@H](CF)N=[N+]=[N-]. The van der Waals surface area contributed by atoms with Gasteiger partial charge in [-0.1, -0.05) is 34.5 Å². The van der Waals surface area contributed by atoms with Crippen molar-refractivity contribution in [2.75, 3.05) is 13.8 Å². The first-order chi connectivity index (χ1) is 9.17. The zero-order valence-corrected chi connectivity index (χ0v) is 10.7. The molecular weight excluding hydrogens is 251 g/mol. The highest BCUT2D eigenvalue weighted by atomic mass is 19.1. The molecule has 1 aromatic carbocycles. The predicted octanol–water partition coefficient (Wildman–Crippen LogP) is 3.22. The molecule has 0 saturated carbocycles. The van der Waals surface area contributed by atoms with Crippen LogP contribution < -0.4 is 0 Å². The monoisotopic (exact) mass is 266 g/mol. The zero-order chi connectivity index (χ0) is 14.3. The van der Waals surface area contributed by atoms with Crippen LogP contribution in [0.15, 0.2) is 34.5 Å². The van der Waals surface area contributed by atoms with Crippen LogP contribution in [0.1, 0.15) is 24.2 Å². The van der Waals surface area contributed by atoms with Gasteiger partial charge in [-0.15, -0.1) is 0 Å². The number of hydrogen-bond donors (Lipinski definition) is 1. The van der Waals surface area contributed by atoms with Crippen LogP contribution in [0.4, 0.5) is 4.39 Å². The van der Waals surface area contributed by atoms with Crippen LogP contribution in [0.25, 0.3) is 10.4 Å². The summed E-state index contributed by atoms with van der Waals surface area (Å²) in [6, 6.07) is 5.97. The zero-order valence-electron chi connectivity index (χ0n) is 10.7. The Morgan fingerprint density at radius 3 is 2.53 bits per heavy atom. The number of nitrogens with zero attached hydrogens (tertiary/aromatic N) is 4. The second kappa shape index (κ2) is 7.35. The van der Waals surface area contributed by atoms with Gasteiger partial charge < -0.3 is 9.94 Å². The highest BCUT2D eigenvalue weighted by Gasteiger charge is 2.22. The third-order valence-corrected chi connectivity index (χ3v) is 2.77. The fraction of sp³-hybridized carbons (Fsp3) is 0.417. The Labute approximate surface area is 110 Å². The minimum atomic E-state index is -0.909. The lowest BCUT2D eigenvalue weighted by Crippen LogP contribution is -2.20. The molecule has 1 rings (SSSR count). The number of rotatable bonds is 6. The normalized spacial score (nSPS) is 14.6. The molecule has 1 aromatic rings. The fourth-order valence-electron chi connectivity index (χ4n) is 1.73. The van der Waals surface area contributed by atoms with Gasteiger partial charge in [-0.25, -0.2) is 0 Å². The highest BCUT2D eigenvalue weighted by molar-refractivity contribution is 5.98. The molecule has 0 spiro atoms. The largest absolute Gasteiger partial charge is 0.411 e. The van der Waals surface area contributed by atoms with Crippen LogP contribution in [0.2, 0.25) is 0 Å². The van der Waals surface area contributed by atoms with E-state index in [1.54, 1.807) is 31.2 Å². The molecule has 0 unspecified atom stereocenters. The number of halogens is 1. The van der Waals surface area contributed by atoms with Crippen molar-refractivity contribution in [3.8, 4) is 0 Å². The molecule has 102 valence electrons. The van der Waals surface area contributed by atoms with Crippen molar-refractivity contribution >= 4 is 5.71 Å². The molecule has 1 N–H and O–H groups in total. The minimum absolute atomic E-state index is 0.470. The van der Waals surface area contributed by atoms with Gasteiger partial charge in [0.1, 0.15) is 6.67 Å². The molecule has 0 heterocycles. The van der Waals surface area contributed by atoms with Crippen molar-refractivity contribution in [1.82, 2.24) is 0 Å². The fourth-order valence-corrected chi connectivity index (χ4v) is 1.73. The lowest BCUT2D eigenvalue weighted by molar-refractivity contribution is 0.0722. The molecule has 0 aliphatic rings. The first-order valence-electron chi connectivity index (χ1n) is 5.59. The molecule has 0 aromatic heterocycles. The van der Waals surface area contributed by atoms with Crippen molar-refractivity contribution in [3.63, 3.8) is 0 Å². The Hall–Kier alpha value is -2.11. The molecule has 2 atom stereocenters. The second-order valence-corrected chi connectivity index (χ2v) is 3.89. The van der Waals surface area contributed by atoms with Crippen LogP contribution >= 0.6 is 0 Å². The molecule has 0 bridgehead atoms. The summed E-state index contributed by atoms with van der Waals surface area (Å²) in [4.78, 5) is 2.61. The van der Waals surface area contributed by atoms with Crippen molar-refractivity contribution in [3.05, 3.63) is 45.8 Å². The smallest absolute Gasteiger partial charge is 0.101 e. The van der Waals surface area contributed by atoms with Crippen LogP contribution in [-0.4, -0.2) is 30.7 Å². The quantitative estimate of drug-likeness (QED) is 0.214. The van der Waals surface area contributed by atoms with Gasteiger partial charge in [-0.3, -0.25) is 4.39 Å². The first kappa shape index (κ1) is 14.9. The lowest BCUT2D eigenvalue weighted by atomic mass is 10.0. The van der Waals surface area contributed by atoms with E-state index in [-0.39, 0.29) is 0 Å². The summed E-state index contributed by atoms with van der Waals surface area (Å²) in [7, 11) is 1.43. The number of azide groups is 1. The summed E-state index contributed by atoms with van der Waals surface area (Å²) in [5.41, 5.74) is 10.3. The number of methoxy groups -OCH3 is 1. The van der Waals surface area contributed by atoms with Gasteiger partial charge in [0.05, 0.1) is 17.9 Å². The molecule has 0 fully saturated rings. The average Bonchev–Trinajstić information content (AvgIpc) is 2.46. The number of hydrogen-bond acceptors (Lipinski definition) is 4. The minimum Gasteiger partial charge on any atom is -0.411 e. The molecule has 6 nitrogen and oxygen atoms in total. The topological polar surface area (TPSA) is 90.6 Å². The van der Waals surface area contributed by atoms with Crippen molar-refractivity contribution in [2.24, 2.45) is 10.3 Å². The van der Waals surface area contributed by atoms with E-state index in [0.29, 0.717) is 11.3 Å². The second-order valence-electron chi connectivity index (χ2n) is 3.89. The van der Waals surface area contributed by atoms with Gasteiger partial charge in [-0.2, -0.15) is 0 Å². The summed E-state index contributed by atoms with van der Waals surface area (Å²) in [5.74, 6) is 0. The summed E-state index contributed by atoms with van der Waals surface area (Å²) in [5, 5.41) is 15.1. The van der Waals surface area contributed by atoms with E-state index in [9.17, 15) is 4.39 Å². The molecule has 0 saturated heterocycles. The standard InChI is InChI=1S/C12H15FN4O2/c1-8(16-18)9-3-5-10(6-4-9)12(19-2)11(7-13)15-17-14/h3-6,11-12,18H,7H2,1-2H3/b16-8-/t11-,12-/m1/s1. The van der Waals surface area contributed by atoms with Gasteiger partial charge in [0, 0.05) is 12.0 Å². The number of ether oxygens (including phenoxy) is 1. The van der Waals surface area contributed by atoms with Gasteiger partial charge in [0.15, 0.2) is 0 Å². The van der Waals surface area contributed by atoms with E-state index in [1.807, 2.05) is 0 Å². The summed E-state index contributed by atoms with van der Waals surface area (Å²) in [6.45, 7) is 0.856. The van der Waals surface area contributed by atoms with Gasteiger partial charge >= 0.3 is 0 Å². The van der Waals surface area contributed by atoms with E-state index in [2.05, 4.69) is 15.2 Å². The number of alkyl halides is 1. The summed E-state index contributed by atoms with van der Waals surface area (Å²) < 4.78 is 18.0. The van der Waals surface area contributed by atoms with Crippen LogP contribution in [-0.2, 0) is 4.74 Å². The molecule has 0 radical (unpaired) electrons. The molecular formula is C12H15FN4O2. The Morgan fingerprint density at radius 1 is 1.47 bits per heavy atom. The Bertz CT molecular complexity index is 483. The predicted molar refractivity (Wildman–Crippen MR) is 69.1 cm³/mol. The maximum absolute atomic E-state index is 12.8. The van der Waals surface area contributed by atoms with E-state index >= 15 is 0 Å². The third-order valence-electron chi connectivity index (χ3n) is 2.77. The van der Waals surface area contributed by atoms with E-state index < -0.39 is 18.8 Å². The Morgan fingerprint density at radius 2 is 2.11 bits per heavy atom. The Balaban J connectivity index is 3.02. The van der Waals surface area contributed by atoms with Gasteiger partial charge in [0.25, 0.3) is 0 Å². The van der Waals surface area contributed by atoms with Crippen molar-refractivity contribution < 1.29 is 14.3 Å². The van der Waals surface area contributed by atoms with Crippen molar-refractivity contribution in [2.45, 2.75) is 19.1 Å². The molecule has 0 aliphatic carbocycles. The highest BCUT2D eigenvalue weighted by Crippen LogP contribution is 2.24. The summed E-state index contributed by atoms with van der Waals surface area (Å²) in [6.07, 6.45) is -0.652. The van der Waals surface area contributed by atoms with Crippen LogP contribution in [0.5, 0.6) is 0 Å². The Kier molecular flexibility index (Phi) is 5.78. The average molecular weight is 266 g/mol. The summed E-state index contributed by atoms with van der Waals surface area (Å²) >= 11 is 0. The molecule has 0 aliphatic heterocycles. The van der Waals surface area contributed by atoms with Gasteiger partial charge in [0.2, 0.25) is 0 Å². The van der Waals surface area contributed by atoms with Crippen LogP contribution in [0.3, 0.4) is 0 Å². The lowest BCUT2D eigenvalue weighted by Gasteiger charge is -2.20. The third kappa shape index (κ3) is 3.67. The molecule has 0 amide bonds. The molecule has 7 heteroatoms. The maximum Gasteiger partial charge on any atom is 0.101 e. The van der Waals surface area contributed by atoms with E-state index in [4.69, 9.17) is 15.5 Å². The first-order valence-corrected chi connectivity index (χ1v) is 5.59. The molecule has 19 heavy (non-hydrogen) atoms. The number of benzene rings is 1. The maximum atomic E-state index is 12.8. The number of oxime groups is 1. The van der Waals surface area contributed by atoms with E-state index in [0.717, 1.165) is 5.56 Å². The van der Waals surface area contributed by atoms with Crippen LogP contribution in [0, 0.1) is 0 Å². The van der Waals surface area contributed by atoms with Gasteiger partial charge in [-0.05, 0) is 23.6 Å². The van der Waals surface area contributed by atoms with E-state index in [1.165, 1.54) is 7.11 Å².